The molecule has 0 saturated carbocycles. The maximum absolute atomic E-state index is 11.7. The van der Waals surface area contributed by atoms with E-state index in [1.54, 1.807) is 39.0 Å². The van der Waals surface area contributed by atoms with E-state index < -0.39 is 16.5 Å². The summed E-state index contributed by atoms with van der Waals surface area (Å²) >= 11 is 1.11. The van der Waals surface area contributed by atoms with Gasteiger partial charge in [0.2, 0.25) is 0 Å². The summed E-state index contributed by atoms with van der Waals surface area (Å²) in [5.74, 6) is -0.358. The van der Waals surface area contributed by atoms with Crippen LogP contribution in [0.3, 0.4) is 0 Å². The van der Waals surface area contributed by atoms with Crippen molar-refractivity contribution in [1.29, 1.82) is 0 Å². The molecule has 6 nitrogen and oxygen atoms in total. The topological polar surface area (TPSA) is 81.5 Å². The molecular weight excluding hydrogens is 292 g/mol. The molecular formula is C14H20N2O4S. The number of esters is 1. The van der Waals surface area contributed by atoms with Gasteiger partial charge in [-0.25, -0.2) is 0 Å². The number of hydrogen-bond acceptors (Lipinski definition) is 6. The van der Waals surface area contributed by atoms with Gasteiger partial charge in [-0.05, 0) is 39.8 Å². The number of thioether (sulfide) groups is 1. The van der Waals surface area contributed by atoms with Gasteiger partial charge in [-0.15, -0.1) is 11.8 Å². The van der Waals surface area contributed by atoms with Crippen LogP contribution >= 0.6 is 11.8 Å². The van der Waals surface area contributed by atoms with Crippen molar-refractivity contribution in [1.82, 2.24) is 0 Å². The fraction of sp³-hybridized carbons (Fsp3) is 0.500. The normalized spacial score (nSPS) is 11.0. The van der Waals surface area contributed by atoms with Crippen molar-refractivity contribution < 1.29 is 14.5 Å². The van der Waals surface area contributed by atoms with Gasteiger partial charge in [-0.1, -0.05) is 6.07 Å². The lowest BCUT2D eigenvalue weighted by atomic mass is 10.2. The summed E-state index contributed by atoms with van der Waals surface area (Å²) in [6, 6.07) is 5.01. The SMILES string of the molecule is CCNc1cccc(SCC(=O)OC(C)(C)C)c1[N+](=O)[O-]. The number of nitrogens with zero attached hydrogens (tertiary/aromatic N) is 1. The van der Waals surface area contributed by atoms with E-state index >= 15 is 0 Å². The van der Waals surface area contributed by atoms with Crippen LogP contribution in [0, 0.1) is 10.1 Å². The summed E-state index contributed by atoms with van der Waals surface area (Å²) in [6.45, 7) is 7.79. The number of benzene rings is 1. The number of rotatable bonds is 6. The lowest BCUT2D eigenvalue weighted by Crippen LogP contribution is -2.24. The van der Waals surface area contributed by atoms with Crippen molar-refractivity contribution in [3.05, 3.63) is 28.3 Å². The van der Waals surface area contributed by atoms with Gasteiger partial charge in [0.25, 0.3) is 0 Å². The molecule has 7 heteroatoms. The average molecular weight is 312 g/mol. The molecule has 21 heavy (non-hydrogen) atoms. The molecule has 0 aliphatic carbocycles. The molecule has 0 bridgehead atoms. The molecule has 1 aromatic rings. The quantitative estimate of drug-likeness (QED) is 0.375. The van der Waals surface area contributed by atoms with E-state index in [2.05, 4.69) is 5.32 Å². The van der Waals surface area contributed by atoms with Crippen molar-refractivity contribution in [2.75, 3.05) is 17.6 Å². The molecule has 0 aliphatic rings. The molecule has 0 atom stereocenters. The lowest BCUT2D eigenvalue weighted by molar-refractivity contribution is -0.386. The Labute approximate surface area is 128 Å². The summed E-state index contributed by atoms with van der Waals surface area (Å²) in [5, 5.41) is 14.2. The van der Waals surface area contributed by atoms with Gasteiger partial charge >= 0.3 is 11.7 Å². The van der Waals surface area contributed by atoms with Crippen molar-refractivity contribution >= 4 is 29.1 Å². The minimum atomic E-state index is -0.560. The molecule has 0 aliphatic heterocycles. The molecule has 1 N–H and O–H groups in total. The second kappa shape index (κ2) is 7.31. The Morgan fingerprint density at radius 3 is 2.62 bits per heavy atom. The van der Waals surface area contributed by atoms with E-state index in [1.165, 1.54) is 0 Å². The van der Waals surface area contributed by atoms with E-state index in [4.69, 9.17) is 4.74 Å². The Bertz CT molecular complexity index is 526. The average Bonchev–Trinajstić information content (AvgIpc) is 2.34. The highest BCUT2D eigenvalue weighted by Crippen LogP contribution is 2.35. The van der Waals surface area contributed by atoms with Crippen LogP contribution in [-0.4, -0.2) is 28.8 Å². The van der Waals surface area contributed by atoms with E-state index in [1.807, 2.05) is 6.92 Å². The first-order valence-corrected chi connectivity index (χ1v) is 7.59. The summed E-state index contributed by atoms with van der Waals surface area (Å²) < 4.78 is 5.19. The molecule has 0 heterocycles. The van der Waals surface area contributed by atoms with Gasteiger partial charge in [0.1, 0.15) is 11.3 Å². The second-order valence-electron chi connectivity index (χ2n) is 5.31. The summed E-state index contributed by atoms with van der Waals surface area (Å²) in [6.07, 6.45) is 0. The maximum Gasteiger partial charge on any atom is 0.316 e. The molecule has 0 spiro atoms. The number of carbonyl (C=O) groups excluding carboxylic acids is 1. The van der Waals surface area contributed by atoms with Gasteiger partial charge in [-0.3, -0.25) is 14.9 Å². The number of anilines is 1. The zero-order chi connectivity index (χ0) is 16.0. The minimum Gasteiger partial charge on any atom is -0.459 e. The molecule has 0 fully saturated rings. The Morgan fingerprint density at radius 1 is 1.43 bits per heavy atom. The van der Waals surface area contributed by atoms with Crippen molar-refractivity contribution in [2.45, 2.75) is 38.2 Å². The highest BCUT2D eigenvalue weighted by Gasteiger charge is 2.22. The van der Waals surface area contributed by atoms with Crippen LogP contribution in [0.5, 0.6) is 0 Å². The van der Waals surface area contributed by atoms with Crippen LogP contribution in [0.2, 0.25) is 0 Å². The van der Waals surface area contributed by atoms with Gasteiger partial charge in [-0.2, -0.15) is 0 Å². The third-order valence-electron chi connectivity index (χ3n) is 2.31. The number of nitrogens with one attached hydrogen (secondary N) is 1. The number of hydrogen-bond donors (Lipinski definition) is 1. The van der Waals surface area contributed by atoms with Crippen LogP contribution in [0.25, 0.3) is 0 Å². The lowest BCUT2D eigenvalue weighted by Gasteiger charge is -2.19. The van der Waals surface area contributed by atoms with E-state index in [-0.39, 0.29) is 11.4 Å². The smallest absolute Gasteiger partial charge is 0.316 e. The zero-order valence-corrected chi connectivity index (χ0v) is 13.5. The van der Waals surface area contributed by atoms with E-state index in [9.17, 15) is 14.9 Å². The third-order valence-corrected chi connectivity index (χ3v) is 3.33. The van der Waals surface area contributed by atoms with E-state index in [0.717, 1.165) is 11.8 Å². The van der Waals surface area contributed by atoms with Gasteiger partial charge < -0.3 is 10.1 Å². The molecule has 1 rings (SSSR count). The Kier molecular flexibility index (Phi) is 6.02. The molecule has 0 amide bonds. The van der Waals surface area contributed by atoms with Gasteiger partial charge in [0, 0.05) is 6.54 Å². The number of carbonyl (C=O) groups is 1. The van der Waals surface area contributed by atoms with Crippen LogP contribution in [0.4, 0.5) is 11.4 Å². The fourth-order valence-electron chi connectivity index (χ4n) is 1.67. The predicted molar refractivity (Wildman–Crippen MR) is 83.8 cm³/mol. The van der Waals surface area contributed by atoms with Crippen LogP contribution in [-0.2, 0) is 9.53 Å². The van der Waals surface area contributed by atoms with Crippen LogP contribution in [0.1, 0.15) is 27.7 Å². The largest absolute Gasteiger partial charge is 0.459 e. The summed E-state index contributed by atoms with van der Waals surface area (Å²) in [5.41, 5.74) is -0.112. The van der Waals surface area contributed by atoms with Crippen LogP contribution in [0.15, 0.2) is 23.1 Å². The van der Waals surface area contributed by atoms with Crippen molar-refractivity contribution in [2.24, 2.45) is 0 Å². The molecule has 116 valence electrons. The molecule has 1 aromatic carbocycles. The number of nitro benzene ring substituents is 1. The minimum absolute atomic E-state index is 0.00657. The van der Waals surface area contributed by atoms with Gasteiger partial charge in [0.15, 0.2) is 0 Å². The Hall–Kier alpha value is -1.76. The highest BCUT2D eigenvalue weighted by atomic mass is 32.2. The van der Waals surface area contributed by atoms with Crippen molar-refractivity contribution in [3.63, 3.8) is 0 Å². The first-order valence-electron chi connectivity index (χ1n) is 6.60. The monoisotopic (exact) mass is 312 g/mol. The predicted octanol–water partition coefficient (Wildman–Crippen LogP) is 3.46. The summed E-state index contributed by atoms with van der Waals surface area (Å²) in [4.78, 5) is 22.9. The first-order chi connectivity index (χ1) is 9.74. The van der Waals surface area contributed by atoms with Crippen LogP contribution < -0.4 is 5.32 Å². The Balaban J connectivity index is 2.86. The number of nitro groups is 1. The third kappa shape index (κ3) is 5.63. The molecule has 0 radical (unpaired) electrons. The standard InChI is InChI=1S/C14H20N2O4S/c1-5-15-10-7-6-8-11(13(10)16(18)19)21-9-12(17)20-14(2,3)4/h6-8,15H,5,9H2,1-4H3. The van der Waals surface area contributed by atoms with Gasteiger partial charge in [0.05, 0.1) is 15.6 Å². The van der Waals surface area contributed by atoms with Crippen molar-refractivity contribution in [3.8, 4) is 0 Å². The number of ether oxygens (including phenoxy) is 1. The first kappa shape index (κ1) is 17.3. The fourth-order valence-corrected chi connectivity index (χ4v) is 2.50. The Morgan fingerprint density at radius 2 is 2.10 bits per heavy atom. The molecule has 0 saturated heterocycles. The number of para-hydroxylation sites is 1. The summed E-state index contributed by atoms with van der Waals surface area (Å²) in [7, 11) is 0. The maximum atomic E-state index is 11.7. The zero-order valence-electron chi connectivity index (χ0n) is 12.6. The van der Waals surface area contributed by atoms with E-state index in [0.29, 0.717) is 17.1 Å². The molecule has 0 aromatic heterocycles. The second-order valence-corrected chi connectivity index (χ2v) is 6.33. The molecule has 0 unspecified atom stereocenters. The highest BCUT2D eigenvalue weighted by molar-refractivity contribution is 8.00.